The van der Waals surface area contributed by atoms with Crippen LogP contribution in [0, 0.1) is 0 Å². The highest BCUT2D eigenvalue weighted by Gasteiger charge is 2.40. The summed E-state index contributed by atoms with van der Waals surface area (Å²) >= 11 is 0. The second-order valence-electron chi connectivity index (χ2n) is 8.12. The maximum absolute atomic E-state index is 12.9. The molecule has 2 atom stereocenters. The van der Waals surface area contributed by atoms with Gasteiger partial charge in [-0.1, -0.05) is 32.0 Å². The molecule has 2 bridgehead atoms. The van der Waals surface area contributed by atoms with Crippen LogP contribution in [0.4, 0.5) is 10.5 Å². The SMILES string of the molecule is CN1C2COCC1CC(NC(=O)N1CC(C)(C)c3ccccc31)C2. The van der Waals surface area contributed by atoms with Crippen molar-refractivity contribution in [2.45, 2.75) is 50.2 Å². The van der Waals surface area contributed by atoms with Crippen molar-refractivity contribution in [2.75, 3.05) is 31.7 Å². The molecule has 0 aromatic heterocycles. The van der Waals surface area contributed by atoms with E-state index in [0.717, 1.165) is 38.3 Å². The van der Waals surface area contributed by atoms with Crippen LogP contribution in [0.25, 0.3) is 0 Å². The number of nitrogens with one attached hydrogen (secondary N) is 1. The molecule has 130 valence electrons. The van der Waals surface area contributed by atoms with Crippen molar-refractivity contribution in [2.24, 2.45) is 0 Å². The van der Waals surface area contributed by atoms with Gasteiger partial charge in [0.25, 0.3) is 0 Å². The topological polar surface area (TPSA) is 44.8 Å². The first kappa shape index (κ1) is 15.9. The predicted octanol–water partition coefficient (Wildman–Crippen LogP) is 2.36. The molecule has 5 nitrogen and oxygen atoms in total. The lowest BCUT2D eigenvalue weighted by Crippen LogP contribution is -2.60. The molecule has 0 radical (unpaired) electrons. The zero-order valence-electron chi connectivity index (χ0n) is 14.8. The van der Waals surface area contributed by atoms with E-state index in [1.54, 1.807) is 0 Å². The smallest absolute Gasteiger partial charge is 0.322 e. The van der Waals surface area contributed by atoms with Gasteiger partial charge in [0.05, 0.1) is 13.2 Å². The summed E-state index contributed by atoms with van der Waals surface area (Å²) in [6.07, 6.45) is 1.94. The molecule has 3 heterocycles. The zero-order chi connectivity index (χ0) is 16.9. The van der Waals surface area contributed by atoms with Crippen molar-refractivity contribution >= 4 is 11.7 Å². The molecule has 1 aromatic rings. The number of urea groups is 1. The van der Waals surface area contributed by atoms with Crippen LogP contribution in [-0.4, -0.2) is 55.9 Å². The van der Waals surface area contributed by atoms with Crippen molar-refractivity contribution in [1.82, 2.24) is 10.2 Å². The third-order valence-electron chi connectivity index (χ3n) is 5.94. The summed E-state index contributed by atoms with van der Waals surface area (Å²) in [6, 6.07) is 9.39. The van der Waals surface area contributed by atoms with Crippen LogP contribution in [0.2, 0.25) is 0 Å². The first-order chi connectivity index (χ1) is 11.5. The number of carbonyl (C=O) groups excluding carboxylic acids is 1. The number of morpholine rings is 1. The molecule has 2 unspecified atom stereocenters. The van der Waals surface area contributed by atoms with Crippen LogP contribution >= 0.6 is 0 Å². The third-order valence-corrected chi connectivity index (χ3v) is 5.94. The number of fused-ring (bicyclic) bond motifs is 3. The molecule has 0 aliphatic carbocycles. The van der Waals surface area contributed by atoms with Gasteiger partial charge in [0, 0.05) is 35.8 Å². The average Bonchev–Trinajstić information content (AvgIpc) is 2.81. The molecular formula is C19H27N3O2. The Morgan fingerprint density at radius 2 is 1.88 bits per heavy atom. The highest BCUT2D eigenvalue weighted by atomic mass is 16.5. The maximum Gasteiger partial charge on any atom is 0.322 e. The van der Waals surface area contributed by atoms with E-state index in [9.17, 15) is 4.79 Å². The van der Waals surface area contributed by atoms with Crippen LogP contribution in [-0.2, 0) is 10.2 Å². The van der Waals surface area contributed by atoms with E-state index in [1.165, 1.54) is 5.56 Å². The quantitative estimate of drug-likeness (QED) is 0.860. The first-order valence-corrected chi connectivity index (χ1v) is 8.93. The fourth-order valence-corrected chi connectivity index (χ4v) is 4.49. The highest BCUT2D eigenvalue weighted by molar-refractivity contribution is 5.95. The monoisotopic (exact) mass is 329 g/mol. The summed E-state index contributed by atoms with van der Waals surface area (Å²) in [5.74, 6) is 0. The average molecular weight is 329 g/mol. The molecule has 4 rings (SSSR count). The Balaban J connectivity index is 1.48. The Hall–Kier alpha value is -1.59. The second kappa shape index (κ2) is 5.74. The number of ether oxygens (including phenoxy) is 1. The second-order valence-corrected chi connectivity index (χ2v) is 8.12. The van der Waals surface area contributed by atoms with Crippen LogP contribution in [0.15, 0.2) is 24.3 Å². The number of carbonyl (C=O) groups is 1. The molecule has 2 amide bonds. The number of benzene rings is 1. The van der Waals surface area contributed by atoms with Gasteiger partial charge in [0.2, 0.25) is 0 Å². The minimum absolute atomic E-state index is 0.00502. The molecule has 3 aliphatic heterocycles. The van der Waals surface area contributed by atoms with E-state index in [4.69, 9.17) is 4.74 Å². The number of hydrogen-bond acceptors (Lipinski definition) is 3. The number of anilines is 1. The third kappa shape index (κ3) is 2.60. The Morgan fingerprint density at radius 1 is 1.21 bits per heavy atom. The van der Waals surface area contributed by atoms with Gasteiger partial charge < -0.3 is 10.1 Å². The Bertz CT molecular complexity index is 631. The lowest BCUT2D eigenvalue weighted by molar-refractivity contribution is -0.0666. The van der Waals surface area contributed by atoms with Crippen molar-refractivity contribution in [1.29, 1.82) is 0 Å². The Labute approximate surface area is 144 Å². The van der Waals surface area contributed by atoms with Crippen LogP contribution in [0.5, 0.6) is 0 Å². The van der Waals surface area contributed by atoms with E-state index < -0.39 is 0 Å². The summed E-state index contributed by atoms with van der Waals surface area (Å²) < 4.78 is 5.67. The molecule has 0 saturated carbocycles. The number of likely N-dealkylation sites (N-methyl/N-ethyl adjacent to an activating group) is 1. The molecule has 1 aromatic carbocycles. The standard InChI is InChI=1S/C19H27N3O2/c1-19(2)12-22(17-7-5-4-6-16(17)19)18(23)20-13-8-14-10-24-11-15(9-13)21(14)3/h4-7,13-15H,8-12H2,1-3H3,(H,20,23). The largest absolute Gasteiger partial charge is 0.378 e. The number of hydrogen-bond donors (Lipinski definition) is 1. The highest BCUT2D eigenvalue weighted by Crippen LogP contribution is 2.40. The first-order valence-electron chi connectivity index (χ1n) is 8.93. The normalized spacial score (nSPS) is 31.6. The van der Waals surface area contributed by atoms with Gasteiger partial charge in [0.15, 0.2) is 0 Å². The fraction of sp³-hybridized carbons (Fsp3) is 0.632. The summed E-state index contributed by atoms with van der Waals surface area (Å²) in [7, 11) is 2.18. The van der Waals surface area contributed by atoms with E-state index in [2.05, 4.69) is 49.3 Å². The molecule has 3 aliphatic rings. The fourth-order valence-electron chi connectivity index (χ4n) is 4.49. The molecule has 2 fully saturated rings. The van der Waals surface area contributed by atoms with Crippen LogP contribution in [0.1, 0.15) is 32.3 Å². The number of amides is 2. The summed E-state index contributed by atoms with van der Waals surface area (Å²) in [5.41, 5.74) is 2.32. The molecule has 24 heavy (non-hydrogen) atoms. The van der Waals surface area contributed by atoms with Crippen molar-refractivity contribution in [3.05, 3.63) is 29.8 Å². The maximum atomic E-state index is 12.9. The molecular weight excluding hydrogens is 302 g/mol. The molecule has 1 N–H and O–H groups in total. The van der Waals surface area contributed by atoms with Crippen molar-refractivity contribution < 1.29 is 9.53 Å². The van der Waals surface area contributed by atoms with Gasteiger partial charge in [-0.2, -0.15) is 0 Å². The van der Waals surface area contributed by atoms with E-state index in [0.29, 0.717) is 12.1 Å². The number of rotatable bonds is 1. The Kier molecular flexibility index (Phi) is 3.81. The lowest BCUT2D eigenvalue weighted by atomic mass is 9.87. The lowest BCUT2D eigenvalue weighted by Gasteiger charge is -2.46. The molecule has 0 spiro atoms. The van der Waals surface area contributed by atoms with Crippen LogP contribution < -0.4 is 10.2 Å². The van der Waals surface area contributed by atoms with Gasteiger partial charge in [-0.25, -0.2) is 4.79 Å². The van der Waals surface area contributed by atoms with Gasteiger partial charge in [-0.15, -0.1) is 0 Å². The van der Waals surface area contributed by atoms with E-state index >= 15 is 0 Å². The predicted molar refractivity (Wildman–Crippen MR) is 94.5 cm³/mol. The number of piperidine rings is 1. The van der Waals surface area contributed by atoms with Gasteiger partial charge in [0.1, 0.15) is 0 Å². The van der Waals surface area contributed by atoms with Crippen molar-refractivity contribution in [3.8, 4) is 0 Å². The summed E-state index contributed by atoms with van der Waals surface area (Å²) in [5, 5.41) is 3.29. The number of nitrogens with zero attached hydrogens (tertiary/aromatic N) is 2. The summed E-state index contributed by atoms with van der Waals surface area (Å²) in [6.45, 7) is 6.70. The Morgan fingerprint density at radius 3 is 2.58 bits per heavy atom. The van der Waals surface area contributed by atoms with Crippen LogP contribution in [0.3, 0.4) is 0 Å². The zero-order valence-corrected chi connectivity index (χ0v) is 14.8. The molecule has 2 saturated heterocycles. The summed E-state index contributed by atoms with van der Waals surface area (Å²) in [4.78, 5) is 17.3. The van der Waals surface area contributed by atoms with E-state index in [-0.39, 0.29) is 17.5 Å². The minimum atomic E-state index is 0.00502. The van der Waals surface area contributed by atoms with Crippen molar-refractivity contribution in [3.63, 3.8) is 0 Å². The molecule has 5 heteroatoms. The van der Waals surface area contributed by atoms with Gasteiger partial charge >= 0.3 is 6.03 Å². The minimum Gasteiger partial charge on any atom is -0.378 e. The van der Waals surface area contributed by atoms with Gasteiger partial charge in [-0.05, 0) is 31.5 Å². The van der Waals surface area contributed by atoms with Gasteiger partial charge in [-0.3, -0.25) is 9.80 Å². The number of para-hydroxylation sites is 1. The van der Waals surface area contributed by atoms with E-state index in [1.807, 2.05) is 11.0 Å².